The van der Waals surface area contributed by atoms with Crippen LogP contribution in [0.15, 0.2) is 23.1 Å². The Morgan fingerprint density at radius 1 is 1.32 bits per heavy atom. The molecule has 1 fully saturated rings. The van der Waals surface area contributed by atoms with E-state index in [1.165, 1.54) is 19.4 Å². The summed E-state index contributed by atoms with van der Waals surface area (Å²) in [6.07, 6.45) is 5.01. The van der Waals surface area contributed by atoms with E-state index in [1.807, 2.05) is 18.2 Å². The van der Waals surface area contributed by atoms with Crippen molar-refractivity contribution in [3.05, 3.63) is 29.3 Å². The van der Waals surface area contributed by atoms with Crippen LogP contribution in [0.25, 0.3) is 0 Å². The van der Waals surface area contributed by atoms with Gasteiger partial charge in [-0.1, -0.05) is 25.5 Å². The van der Waals surface area contributed by atoms with Crippen LogP contribution >= 0.6 is 11.8 Å². The number of nitrogens with zero attached hydrogens (tertiary/aromatic N) is 1. The van der Waals surface area contributed by atoms with Gasteiger partial charge in [-0.25, -0.2) is 4.79 Å². The molecule has 0 aromatic heterocycles. The summed E-state index contributed by atoms with van der Waals surface area (Å²) in [5.41, 5.74) is 1.48. The minimum atomic E-state index is -0.462. The standard InChI is InChI=1S/C20H29NO3S/c1-2-3-10-21-11-7-15(8-12-21)14-24-20(23)17-6-4-5-16-18(22)9-13-25-19(16)17/h4-6,15,18,22H,2-3,7-14H2,1H3. The first-order chi connectivity index (χ1) is 12.2. The molecule has 1 aromatic rings. The van der Waals surface area contributed by atoms with Crippen LogP contribution in [0.4, 0.5) is 0 Å². The second kappa shape index (κ2) is 9.06. The number of fused-ring (bicyclic) bond motifs is 1. The van der Waals surface area contributed by atoms with Crippen molar-refractivity contribution in [2.45, 2.75) is 50.0 Å². The Hall–Kier alpha value is -1.04. The molecule has 2 aliphatic rings. The van der Waals surface area contributed by atoms with Gasteiger partial charge in [-0.2, -0.15) is 0 Å². The Balaban J connectivity index is 1.52. The monoisotopic (exact) mass is 363 g/mol. The van der Waals surface area contributed by atoms with Gasteiger partial charge in [0.25, 0.3) is 0 Å². The Bertz CT molecular complexity index is 584. The fourth-order valence-electron chi connectivity index (χ4n) is 3.60. The SMILES string of the molecule is CCCCN1CCC(COC(=O)c2cccc3c2SCCC3O)CC1. The minimum Gasteiger partial charge on any atom is -0.462 e. The zero-order valence-electron chi connectivity index (χ0n) is 15.1. The molecular formula is C20H29NO3S. The Morgan fingerprint density at radius 3 is 2.88 bits per heavy atom. The van der Waals surface area contributed by atoms with E-state index in [1.54, 1.807) is 11.8 Å². The molecule has 0 aliphatic carbocycles. The summed E-state index contributed by atoms with van der Waals surface area (Å²) < 4.78 is 5.63. The third-order valence-corrected chi connectivity index (χ3v) is 6.43. The smallest absolute Gasteiger partial charge is 0.339 e. The number of esters is 1. The van der Waals surface area contributed by atoms with Gasteiger partial charge in [0.05, 0.1) is 18.3 Å². The lowest BCUT2D eigenvalue weighted by Gasteiger charge is -2.31. The number of hydrogen-bond donors (Lipinski definition) is 1. The first kappa shape index (κ1) is 18.7. The summed E-state index contributed by atoms with van der Waals surface area (Å²) in [6, 6.07) is 5.57. The molecule has 1 unspecified atom stereocenters. The fourth-order valence-corrected chi connectivity index (χ4v) is 4.82. The topological polar surface area (TPSA) is 49.8 Å². The number of carbonyl (C=O) groups is 1. The predicted octanol–water partition coefficient (Wildman–Crippen LogP) is 3.88. The summed E-state index contributed by atoms with van der Waals surface area (Å²) in [4.78, 5) is 16.0. The second-order valence-corrected chi connectivity index (χ2v) is 8.22. The number of aliphatic hydroxyl groups excluding tert-OH is 1. The van der Waals surface area contributed by atoms with Crippen molar-refractivity contribution >= 4 is 17.7 Å². The average molecular weight is 364 g/mol. The average Bonchev–Trinajstić information content (AvgIpc) is 2.65. The van der Waals surface area contributed by atoms with Crippen LogP contribution in [0, 0.1) is 5.92 Å². The largest absolute Gasteiger partial charge is 0.462 e. The number of ether oxygens (including phenoxy) is 1. The molecule has 0 radical (unpaired) electrons. The van der Waals surface area contributed by atoms with Crippen LogP contribution in [0.3, 0.4) is 0 Å². The Labute approximate surface area is 154 Å². The first-order valence-electron chi connectivity index (χ1n) is 9.52. The number of hydrogen-bond acceptors (Lipinski definition) is 5. The lowest BCUT2D eigenvalue weighted by atomic mass is 9.97. The molecule has 0 amide bonds. The highest BCUT2D eigenvalue weighted by atomic mass is 32.2. The Kier molecular flexibility index (Phi) is 6.79. The molecule has 0 bridgehead atoms. The van der Waals surface area contributed by atoms with E-state index in [0.29, 0.717) is 18.1 Å². The molecule has 1 saturated heterocycles. The van der Waals surface area contributed by atoms with E-state index in [4.69, 9.17) is 4.74 Å². The van der Waals surface area contributed by atoms with Crippen molar-refractivity contribution in [2.24, 2.45) is 5.92 Å². The van der Waals surface area contributed by atoms with E-state index in [0.717, 1.165) is 48.6 Å². The first-order valence-corrected chi connectivity index (χ1v) is 10.5. The summed E-state index contributed by atoms with van der Waals surface area (Å²) in [5.74, 6) is 1.07. The highest BCUT2D eigenvalue weighted by Crippen LogP contribution is 2.38. The van der Waals surface area contributed by atoms with Crippen molar-refractivity contribution in [1.82, 2.24) is 4.90 Å². The molecule has 3 rings (SSSR count). The Morgan fingerprint density at radius 2 is 2.12 bits per heavy atom. The number of aliphatic hydroxyl groups is 1. The molecule has 0 spiro atoms. The van der Waals surface area contributed by atoms with Crippen LogP contribution < -0.4 is 0 Å². The van der Waals surface area contributed by atoms with Crippen molar-refractivity contribution in [3.63, 3.8) is 0 Å². The molecule has 25 heavy (non-hydrogen) atoms. The molecule has 1 N–H and O–H groups in total. The van der Waals surface area contributed by atoms with E-state index >= 15 is 0 Å². The third kappa shape index (κ3) is 4.78. The van der Waals surface area contributed by atoms with E-state index in [-0.39, 0.29) is 5.97 Å². The highest BCUT2D eigenvalue weighted by molar-refractivity contribution is 7.99. The van der Waals surface area contributed by atoms with E-state index in [2.05, 4.69) is 11.8 Å². The maximum Gasteiger partial charge on any atom is 0.339 e. The zero-order chi connectivity index (χ0) is 17.6. The number of unbranched alkanes of at least 4 members (excludes halogenated alkanes) is 1. The van der Waals surface area contributed by atoms with Crippen LogP contribution in [0.1, 0.15) is 61.1 Å². The molecule has 5 heteroatoms. The normalized spacial score (nSPS) is 21.8. The van der Waals surface area contributed by atoms with Crippen molar-refractivity contribution in [3.8, 4) is 0 Å². The van der Waals surface area contributed by atoms with Crippen LogP contribution in [-0.4, -0.2) is 48.0 Å². The molecule has 1 aromatic carbocycles. The van der Waals surface area contributed by atoms with Gasteiger partial charge in [-0.15, -0.1) is 11.8 Å². The van der Waals surface area contributed by atoms with Gasteiger partial charge >= 0.3 is 5.97 Å². The number of piperidine rings is 1. The molecule has 2 heterocycles. The van der Waals surface area contributed by atoms with Crippen LogP contribution in [0.5, 0.6) is 0 Å². The summed E-state index contributed by atoms with van der Waals surface area (Å²) in [5, 5.41) is 10.1. The van der Waals surface area contributed by atoms with Gasteiger partial charge in [0.2, 0.25) is 0 Å². The molecular weight excluding hydrogens is 334 g/mol. The van der Waals surface area contributed by atoms with Gasteiger partial charge in [-0.05, 0) is 62.9 Å². The summed E-state index contributed by atoms with van der Waals surface area (Å²) in [6.45, 7) is 6.16. The molecule has 2 aliphatic heterocycles. The van der Waals surface area contributed by atoms with Gasteiger partial charge in [-0.3, -0.25) is 0 Å². The van der Waals surface area contributed by atoms with Crippen LogP contribution in [0.2, 0.25) is 0 Å². The second-order valence-electron chi connectivity index (χ2n) is 7.11. The van der Waals surface area contributed by atoms with Crippen molar-refractivity contribution < 1.29 is 14.6 Å². The fraction of sp³-hybridized carbons (Fsp3) is 0.650. The van der Waals surface area contributed by atoms with E-state index < -0.39 is 6.10 Å². The summed E-state index contributed by atoms with van der Waals surface area (Å²) in [7, 11) is 0. The molecule has 1 atom stereocenters. The van der Waals surface area contributed by atoms with Gasteiger partial charge in [0.15, 0.2) is 0 Å². The number of likely N-dealkylation sites (tertiary alicyclic amines) is 1. The molecule has 4 nitrogen and oxygen atoms in total. The third-order valence-electron chi connectivity index (χ3n) is 5.25. The lowest BCUT2D eigenvalue weighted by molar-refractivity contribution is 0.0367. The van der Waals surface area contributed by atoms with Crippen molar-refractivity contribution in [2.75, 3.05) is 32.0 Å². The summed E-state index contributed by atoms with van der Waals surface area (Å²) >= 11 is 1.65. The quantitative estimate of drug-likeness (QED) is 0.777. The number of carbonyl (C=O) groups excluding carboxylic acids is 1. The number of benzene rings is 1. The minimum absolute atomic E-state index is 0.244. The zero-order valence-corrected chi connectivity index (χ0v) is 15.9. The van der Waals surface area contributed by atoms with Crippen molar-refractivity contribution in [1.29, 1.82) is 0 Å². The lowest BCUT2D eigenvalue weighted by Crippen LogP contribution is -2.36. The maximum absolute atomic E-state index is 12.5. The highest BCUT2D eigenvalue weighted by Gasteiger charge is 2.25. The molecule has 138 valence electrons. The number of thioether (sulfide) groups is 1. The van der Waals surface area contributed by atoms with Gasteiger partial charge in [0, 0.05) is 10.6 Å². The molecule has 0 saturated carbocycles. The number of rotatable bonds is 6. The predicted molar refractivity (Wildman–Crippen MR) is 101 cm³/mol. The van der Waals surface area contributed by atoms with E-state index in [9.17, 15) is 9.90 Å². The maximum atomic E-state index is 12.5. The van der Waals surface area contributed by atoms with Gasteiger partial charge in [0.1, 0.15) is 0 Å². The van der Waals surface area contributed by atoms with Gasteiger partial charge < -0.3 is 14.7 Å². The van der Waals surface area contributed by atoms with Crippen LogP contribution in [-0.2, 0) is 4.74 Å².